The van der Waals surface area contributed by atoms with Crippen LogP contribution in [0.1, 0.15) is 19.4 Å². The predicted molar refractivity (Wildman–Crippen MR) is 72.3 cm³/mol. The zero-order valence-electron chi connectivity index (χ0n) is 9.46. The zero-order valence-corrected chi connectivity index (χ0v) is 11.0. The van der Waals surface area contributed by atoms with Crippen molar-refractivity contribution in [2.45, 2.75) is 19.9 Å². The molecule has 1 aromatic carbocycles. The van der Waals surface area contributed by atoms with E-state index in [4.69, 9.17) is 16.9 Å². The SMILES string of the molecule is CCSCC(C)Nc1ccc(Cl)cc1C#N. The van der Waals surface area contributed by atoms with Gasteiger partial charge in [0.05, 0.1) is 11.3 Å². The number of hydrogen-bond donors (Lipinski definition) is 1. The molecule has 0 saturated carbocycles. The van der Waals surface area contributed by atoms with Gasteiger partial charge >= 0.3 is 0 Å². The van der Waals surface area contributed by atoms with E-state index < -0.39 is 0 Å². The normalized spacial score (nSPS) is 11.9. The van der Waals surface area contributed by atoms with Gasteiger partial charge in [-0.05, 0) is 30.9 Å². The molecule has 4 heteroatoms. The Labute approximate surface area is 106 Å². The van der Waals surface area contributed by atoms with E-state index in [2.05, 4.69) is 25.2 Å². The fraction of sp³-hybridized carbons (Fsp3) is 0.417. The van der Waals surface area contributed by atoms with E-state index in [9.17, 15) is 0 Å². The van der Waals surface area contributed by atoms with Gasteiger partial charge < -0.3 is 5.32 Å². The molecule has 0 bridgehead atoms. The van der Waals surface area contributed by atoms with Gasteiger partial charge in [-0.25, -0.2) is 0 Å². The topological polar surface area (TPSA) is 35.8 Å². The van der Waals surface area contributed by atoms with Gasteiger partial charge in [0.15, 0.2) is 0 Å². The average molecular weight is 255 g/mol. The maximum Gasteiger partial charge on any atom is 0.101 e. The highest BCUT2D eigenvalue weighted by atomic mass is 35.5. The van der Waals surface area contributed by atoms with Crippen LogP contribution in [0.5, 0.6) is 0 Å². The van der Waals surface area contributed by atoms with Crippen LogP contribution in [0.2, 0.25) is 5.02 Å². The van der Waals surface area contributed by atoms with E-state index >= 15 is 0 Å². The quantitative estimate of drug-likeness (QED) is 0.869. The standard InChI is InChI=1S/C12H15ClN2S/c1-3-16-8-9(2)15-12-5-4-11(13)6-10(12)7-14/h4-6,9,15H,3,8H2,1-2H3. The lowest BCUT2D eigenvalue weighted by molar-refractivity contribution is 0.912. The number of nitrogens with zero attached hydrogens (tertiary/aromatic N) is 1. The molecule has 1 atom stereocenters. The third-order valence-electron chi connectivity index (χ3n) is 2.08. The summed E-state index contributed by atoms with van der Waals surface area (Å²) in [5, 5.41) is 12.9. The molecule has 0 aliphatic rings. The summed E-state index contributed by atoms with van der Waals surface area (Å²) in [6.07, 6.45) is 0. The molecule has 1 rings (SSSR count). The lowest BCUT2D eigenvalue weighted by atomic mass is 10.2. The molecule has 1 unspecified atom stereocenters. The Balaban J connectivity index is 2.70. The van der Waals surface area contributed by atoms with Crippen molar-refractivity contribution in [3.8, 4) is 6.07 Å². The van der Waals surface area contributed by atoms with Gasteiger partial charge in [-0.3, -0.25) is 0 Å². The average Bonchev–Trinajstić information content (AvgIpc) is 2.28. The minimum Gasteiger partial charge on any atom is -0.381 e. The molecule has 0 fully saturated rings. The zero-order chi connectivity index (χ0) is 12.0. The fourth-order valence-corrected chi connectivity index (χ4v) is 2.18. The van der Waals surface area contributed by atoms with Crippen LogP contribution in [0.3, 0.4) is 0 Å². The summed E-state index contributed by atoms with van der Waals surface area (Å²) in [6.45, 7) is 4.25. The molecule has 0 heterocycles. The molecule has 0 radical (unpaired) electrons. The fourth-order valence-electron chi connectivity index (χ4n) is 1.34. The van der Waals surface area contributed by atoms with Crippen LogP contribution < -0.4 is 5.32 Å². The van der Waals surface area contributed by atoms with E-state index in [1.54, 1.807) is 12.1 Å². The number of nitrogens with one attached hydrogen (secondary N) is 1. The second kappa shape index (κ2) is 6.67. The second-order valence-corrected chi connectivity index (χ2v) is 5.26. The summed E-state index contributed by atoms with van der Waals surface area (Å²) in [6, 6.07) is 7.82. The maximum atomic E-state index is 8.98. The molecule has 1 N–H and O–H groups in total. The van der Waals surface area contributed by atoms with Gasteiger partial charge in [-0.15, -0.1) is 0 Å². The third kappa shape index (κ3) is 3.96. The van der Waals surface area contributed by atoms with E-state index in [0.717, 1.165) is 17.2 Å². The first kappa shape index (κ1) is 13.2. The lowest BCUT2D eigenvalue weighted by Crippen LogP contribution is -2.18. The van der Waals surface area contributed by atoms with Crippen LogP contribution in [-0.4, -0.2) is 17.5 Å². The first-order valence-corrected chi connectivity index (χ1v) is 6.74. The number of rotatable bonds is 5. The highest BCUT2D eigenvalue weighted by molar-refractivity contribution is 7.99. The van der Waals surface area contributed by atoms with Crippen molar-refractivity contribution in [2.75, 3.05) is 16.8 Å². The molecule has 0 amide bonds. The Bertz CT molecular complexity index is 387. The van der Waals surface area contributed by atoms with E-state index in [1.807, 2.05) is 17.8 Å². The van der Waals surface area contributed by atoms with Gasteiger partial charge in [0.2, 0.25) is 0 Å². The van der Waals surface area contributed by atoms with E-state index in [1.165, 1.54) is 0 Å². The summed E-state index contributed by atoms with van der Waals surface area (Å²) in [7, 11) is 0. The molecular formula is C12H15ClN2S. The minimum absolute atomic E-state index is 0.346. The minimum atomic E-state index is 0.346. The van der Waals surface area contributed by atoms with Crippen molar-refractivity contribution < 1.29 is 0 Å². The van der Waals surface area contributed by atoms with Crippen molar-refractivity contribution in [1.29, 1.82) is 5.26 Å². The molecule has 16 heavy (non-hydrogen) atoms. The van der Waals surface area contributed by atoms with Crippen molar-refractivity contribution in [3.05, 3.63) is 28.8 Å². The summed E-state index contributed by atoms with van der Waals surface area (Å²) < 4.78 is 0. The molecule has 0 aromatic heterocycles. The van der Waals surface area contributed by atoms with Crippen LogP contribution in [0.25, 0.3) is 0 Å². The lowest BCUT2D eigenvalue weighted by Gasteiger charge is -2.15. The first-order chi connectivity index (χ1) is 7.67. The summed E-state index contributed by atoms with van der Waals surface area (Å²) in [5.74, 6) is 2.14. The van der Waals surface area contributed by atoms with E-state index in [-0.39, 0.29) is 0 Å². The van der Waals surface area contributed by atoms with Crippen molar-refractivity contribution >= 4 is 29.1 Å². The van der Waals surface area contributed by atoms with Crippen LogP contribution in [0.15, 0.2) is 18.2 Å². The molecule has 0 aliphatic heterocycles. The van der Waals surface area contributed by atoms with Gasteiger partial charge in [-0.2, -0.15) is 17.0 Å². The van der Waals surface area contributed by atoms with Crippen LogP contribution in [0.4, 0.5) is 5.69 Å². The molecule has 2 nitrogen and oxygen atoms in total. The van der Waals surface area contributed by atoms with Gasteiger partial charge in [0.1, 0.15) is 6.07 Å². The third-order valence-corrected chi connectivity index (χ3v) is 3.45. The van der Waals surface area contributed by atoms with E-state index in [0.29, 0.717) is 16.6 Å². The summed E-state index contributed by atoms with van der Waals surface area (Å²) >= 11 is 7.71. The molecule has 0 spiro atoms. The van der Waals surface area contributed by atoms with Crippen molar-refractivity contribution in [2.24, 2.45) is 0 Å². The Hall–Kier alpha value is -0.850. The highest BCUT2D eigenvalue weighted by Crippen LogP contribution is 2.21. The Kier molecular flexibility index (Phi) is 5.51. The number of hydrogen-bond acceptors (Lipinski definition) is 3. The van der Waals surface area contributed by atoms with Gasteiger partial charge in [0.25, 0.3) is 0 Å². The largest absolute Gasteiger partial charge is 0.381 e. The molecular weight excluding hydrogens is 240 g/mol. The van der Waals surface area contributed by atoms with Crippen LogP contribution in [-0.2, 0) is 0 Å². The molecule has 86 valence electrons. The summed E-state index contributed by atoms with van der Waals surface area (Å²) in [5.41, 5.74) is 1.46. The smallest absolute Gasteiger partial charge is 0.101 e. The Morgan fingerprint density at radius 1 is 1.56 bits per heavy atom. The molecule has 1 aromatic rings. The first-order valence-electron chi connectivity index (χ1n) is 5.21. The van der Waals surface area contributed by atoms with Crippen LogP contribution in [0, 0.1) is 11.3 Å². The number of benzene rings is 1. The number of anilines is 1. The highest BCUT2D eigenvalue weighted by Gasteiger charge is 2.06. The Morgan fingerprint density at radius 2 is 2.31 bits per heavy atom. The second-order valence-electron chi connectivity index (χ2n) is 3.51. The Morgan fingerprint density at radius 3 is 2.94 bits per heavy atom. The summed E-state index contributed by atoms with van der Waals surface area (Å²) in [4.78, 5) is 0. The maximum absolute atomic E-state index is 8.98. The van der Waals surface area contributed by atoms with Gasteiger partial charge in [0, 0.05) is 16.8 Å². The van der Waals surface area contributed by atoms with Gasteiger partial charge in [-0.1, -0.05) is 18.5 Å². The number of thioether (sulfide) groups is 1. The van der Waals surface area contributed by atoms with Crippen LogP contribution >= 0.6 is 23.4 Å². The monoisotopic (exact) mass is 254 g/mol. The van der Waals surface area contributed by atoms with Crippen molar-refractivity contribution in [3.63, 3.8) is 0 Å². The number of halogens is 1. The number of nitriles is 1. The molecule has 0 saturated heterocycles. The predicted octanol–water partition coefficient (Wildman–Crippen LogP) is 3.77. The molecule has 0 aliphatic carbocycles. The van der Waals surface area contributed by atoms with Crippen molar-refractivity contribution in [1.82, 2.24) is 0 Å².